The maximum atomic E-state index is 12.1. The van der Waals surface area contributed by atoms with Gasteiger partial charge < -0.3 is 30.4 Å². The fraction of sp³-hybridized carbons (Fsp3) is 0.211. The highest BCUT2D eigenvalue weighted by atomic mass is 16.5. The van der Waals surface area contributed by atoms with Gasteiger partial charge in [0.15, 0.2) is 11.5 Å². The SMILES string of the molecule is C=C(C)COc1ccc(-c2c(C(=O)O)c(N)[nH]c(=O)c2C(=O)O)cc1OCC. The van der Waals surface area contributed by atoms with Crippen LogP contribution in [0.5, 0.6) is 11.5 Å². The van der Waals surface area contributed by atoms with E-state index < -0.39 is 34.4 Å². The van der Waals surface area contributed by atoms with E-state index in [2.05, 4.69) is 11.6 Å². The smallest absolute Gasteiger partial charge is 0.342 e. The van der Waals surface area contributed by atoms with E-state index in [1.807, 2.05) is 0 Å². The zero-order valence-corrected chi connectivity index (χ0v) is 15.4. The van der Waals surface area contributed by atoms with Crippen LogP contribution in [-0.4, -0.2) is 40.3 Å². The first-order chi connectivity index (χ1) is 13.2. The maximum absolute atomic E-state index is 12.1. The number of aromatic amines is 1. The fourth-order valence-corrected chi connectivity index (χ4v) is 2.59. The van der Waals surface area contributed by atoms with Gasteiger partial charge in [0.1, 0.15) is 23.6 Å². The lowest BCUT2D eigenvalue weighted by Crippen LogP contribution is -2.24. The number of pyridine rings is 1. The van der Waals surface area contributed by atoms with E-state index in [0.717, 1.165) is 5.57 Å². The van der Waals surface area contributed by atoms with E-state index in [4.69, 9.17) is 15.2 Å². The third-order valence-corrected chi connectivity index (χ3v) is 3.68. The molecule has 1 aromatic carbocycles. The number of nitrogens with two attached hydrogens (primary N) is 1. The van der Waals surface area contributed by atoms with E-state index in [1.165, 1.54) is 18.2 Å². The monoisotopic (exact) mass is 388 g/mol. The lowest BCUT2D eigenvalue weighted by atomic mass is 9.95. The van der Waals surface area contributed by atoms with Crippen molar-refractivity contribution >= 4 is 17.8 Å². The first kappa shape index (κ1) is 20.6. The number of aromatic nitrogens is 1. The van der Waals surface area contributed by atoms with Crippen LogP contribution in [0, 0.1) is 0 Å². The Morgan fingerprint density at radius 2 is 1.79 bits per heavy atom. The van der Waals surface area contributed by atoms with Gasteiger partial charge in [-0.2, -0.15) is 0 Å². The summed E-state index contributed by atoms with van der Waals surface area (Å²) in [5.74, 6) is -2.89. The Bertz CT molecular complexity index is 1010. The number of rotatable bonds is 8. The molecule has 28 heavy (non-hydrogen) atoms. The molecule has 5 N–H and O–H groups in total. The third kappa shape index (κ3) is 4.14. The van der Waals surface area contributed by atoms with Crippen molar-refractivity contribution in [1.82, 2.24) is 4.98 Å². The second-order valence-corrected chi connectivity index (χ2v) is 5.94. The molecule has 0 unspecified atom stereocenters. The Morgan fingerprint density at radius 1 is 1.14 bits per heavy atom. The highest BCUT2D eigenvalue weighted by Gasteiger charge is 2.27. The number of anilines is 1. The molecule has 0 atom stereocenters. The van der Waals surface area contributed by atoms with Crippen LogP contribution in [0.4, 0.5) is 5.82 Å². The molecule has 1 heterocycles. The van der Waals surface area contributed by atoms with Crippen LogP contribution in [-0.2, 0) is 0 Å². The maximum Gasteiger partial charge on any atom is 0.342 e. The van der Waals surface area contributed by atoms with E-state index in [-0.39, 0.29) is 30.1 Å². The second-order valence-electron chi connectivity index (χ2n) is 5.94. The third-order valence-electron chi connectivity index (χ3n) is 3.68. The number of carbonyl (C=O) groups is 2. The topological polar surface area (TPSA) is 152 Å². The van der Waals surface area contributed by atoms with E-state index >= 15 is 0 Å². The largest absolute Gasteiger partial charge is 0.490 e. The summed E-state index contributed by atoms with van der Waals surface area (Å²) < 4.78 is 11.1. The standard InChI is InChI=1S/C19H20N2O7/c1-4-27-12-7-10(5-6-11(12)28-8-9(2)3)13-14(18(23)24)16(20)21-17(22)15(13)19(25)26/h5-7H,2,4,8H2,1,3H3,(H,23,24)(H,25,26)(H3,20,21,22). The molecular formula is C19H20N2O7. The number of nitrogens with one attached hydrogen (secondary N) is 1. The second kappa shape index (κ2) is 8.30. The summed E-state index contributed by atoms with van der Waals surface area (Å²) in [6.07, 6.45) is 0. The number of hydrogen-bond acceptors (Lipinski definition) is 6. The molecule has 0 saturated carbocycles. The van der Waals surface area contributed by atoms with Gasteiger partial charge in [0.25, 0.3) is 5.56 Å². The zero-order valence-electron chi connectivity index (χ0n) is 15.4. The first-order valence-electron chi connectivity index (χ1n) is 8.24. The van der Waals surface area contributed by atoms with Crippen LogP contribution in [0.2, 0.25) is 0 Å². The molecule has 0 saturated heterocycles. The van der Waals surface area contributed by atoms with Crippen molar-refractivity contribution in [2.75, 3.05) is 18.9 Å². The Kier molecular flexibility index (Phi) is 6.09. The molecule has 0 fully saturated rings. The number of nitrogen functional groups attached to an aromatic ring is 1. The minimum atomic E-state index is -1.58. The van der Waals surface area contributed by atoms with E-state index in [0.29, 0.717) is 5.75 Å². The van der Waals surface area contributed by atoms with E-state index in [9.17, 15) is 24.6 Å². The quantitative estimate of drug-likeness (QED) is 0.503. The van der Waals surface area contributed by atoms with Crippen LogP contribution in [0.1, 0.15) is 34.6 Å². The average Bonchev–Trinajstić information content (AvgIpc) is 2.59. The molecule has 148 valence electrons. The molecule has 2 aromatic rings. The summed E-state index contributed by atoms with van der Waals surface area (Å²) in [4.78, 5) is 37.5. The molecule has 0 spiro atoms. The van der Waals surface area contributed by atoms with Crippen LogP contribution < -0.4 is 20.8 Å². The van der Waals surface area contributed by atoms with Gasteiger partial charge in [-0.1, -0.05) is 12.6 Å². The number of carboxylic acid groups (broad SMARTS) is 2. The van der Waals surface area contributed by atoms with Gasteiger partial charge in [0.2, 0.25) is 0 Å². The number of benzene rings is 1. The zero-order chi connectivity index (χ0) is 21.0. The fourth-order valence-electron chi connectivity index (χ4n) is 2.59. The highest BCUT2D eigenvalue weighted by Crippen LogP contribution is 2.36. The minimum Gasteiger partial charge on any atom is -0.490 e. The minimum absolute atomic E-state index is 0.138. The summed E-state index contributed by atoms with van der Waals surface area (Å²) >= 11 is 0. The van der Waals surface area contributed by atoms with Gasteiger partial charge >= 0.3 is 11.9 Å². The Hall–Kier alpha value is -3.75. The number of aromatic carboxylic acids is 2. The average molecular weight is 388 g/mol. The van der Waals surface area contributed by atoms with Crippen LogP contribution in [0.15, 0.2) is 35.1 Å². The highest BCUT2D eigenvalue weighted by molar-refractivity contribution is 6.07. The van der Waals surface area contributed by atoms with Crippen molar-refractivity contribution in [3.05, 3.63) is 51.8 Å². The van der Waals surface area contributed by atoms with Gasteiger partial charge in [-0.3, -0.25) is 4.79 Å². The molecule has 0 amide bonds. The molecule has 0 aliphatic heterocycles. The summed E-state index contributed by atoms with van der Waals surface area (Å²) in [7, 11) is 0. The number of H-pyrrole nitrogens is 1. The van der Waals surface area contributed by atoms with Gasteiger partial charge in [-0.25, -0.2) is 9.59 Å². The molecule has 0 aliphatic carbocycles. The van der Waals surface area contributed by atoms with Crippen LogP contribution >= 0.6 is 0 Å². The van der Waals surface area contributed by atoms with Gasteiger partial charge in [-0.15, -0.1) is 0 Å². The van der Waals surface area contributed by atoms with Crippen LogP contribution in [0.25, 0.3) is 11.1 Å². The predicted octanol–water partition coefficient (Wildman–Crippen LogP) is 2.37. The van der Waals surface area contributed by atoms with Crippen LogP contribution in [0.3, 0.4) is 0 Å². The lowest BCUT2D eigenvalue weighted by molar-refractivity contribution is 0.0695. The van der Waals surface area contributed by atoms with Crippen molar-refractivity contribution in [3.8, 4) is 22.6 Å². The van der Waals surface area contributed by atoms with E-state index in [1.54, 1.807) is 13.8 Å². The summed E-state index contributed by atoms with van der Waals surface area (Å²) in [6, 6.07) is 4.34. The Balaban J connectivity index is 2.78. The molecule has 1 aromatic heterocycles. The summed E-state index contributed by atoms with van der Waals surface area (Å²) in [6.45, 7) is 7.78. The molecule has 0 bridgehead atoms. The van der Waals surface area contributed by atoms with Crippen molar-refractivity contribution in [2.45, 2.75) is 13.8 Å². The normalized spacial score (nSPS) is 10.4. The lowest BCUT2D eigenvalue weighted by Gasteiger charge is -2.16. The molecule has 9 nitrogen and oxygen atoms in total. The molecule has 0 aliphatic rings. The van der Waals surface area contributed by atoms with Gasteiger partial charge in [0.05, 0.1) is 6.61 Å². The van der Waals surface area contributed by atoms with Crippen molar-refractivity contribution in [1.29, 1.82) is 0 Å². The summed E-state index contributed by atoms with van der Waals surface area (Å²) in [5.41, 5.74) is 3.98. The summed E-state index contributed by atoms with van der Waals surface area (Å²) in [5, 5.41) is 19.0. The Labute approximate surface area is 160 Å². The first-order valence-corrected chi connectivity index (χ1v) is 8.24. The molecule has 9 heteroatoms. The molecule has 2 rings (SSSR count). The van der Waals surface area contributed by atoms with Crippen molar-refractivity contribution < 1.29 is 29.3 Å². The molecular weight excluding hydrogens is 368 g/mol. The van der Waals surface area contributed by atoms with Crippen molar-refractivity contribution in [3.63, 3.8) is 0 Å². The number of hydrogen-bond donors (Lipinski definition) is 4. The Morgan fingerprint density at radius 3 is 2.32 bits per heavy atom. The predicted molar refractivity (Wildman–Crippen MR) is 102 cm³/mol. The number of carboxylic acids is 2. The van der Waals surface area contributed by atoms with Gasteiger partial charge in [-0.05, 0) is 37.1 Å². The van der Waals surface area contributed by atoms with Gasteiger partial charge in [0, 0.05) is 5.56 Å². The van der Waals surface area contributed by atoms with Crippen molar-refractivity contribution in [2.24, 2.45) is 0 Å². The molecule has 0 radical (unpaired) electrons. The number of ether oxygens (including phenoxy) is 2.